The normalized spacial score (nSPS) is 12.3. The molecule has 1 aromatic heterocycles. The molecule has 0 radical (unpaired) electrons. The van der Waals surface area contributed by atoms with Crippen molar-refractivity contribution < 1.29 is 17.6 Å². The zero-order valence-corrected chi connectivity index (χ0v) is 8.45. The average molecular weight is 231 g/mol. The number of nitrogens with one attached hydrogen (secondary N) is 1. The number of hydrogen-bond acceptors (Lipinski definition) is 0. The lowest BCUT2D eigenvalue weighted by molar-refractivity contribution is -0.127. The lowest BCUT2D eigenvalue weighted by Gasteiger charge is -2.06. The fourth-order valence-electron chi connectivity index (χ4n) is 1.79. The molecule has 0 saturated heterocycles. The van der Waals surface area contributed by atoms with Crippen molar-refractivity contribution in [2.75, 3.05) is 0 Å². The molecule has 0 unspecified atom stereocenters. The summed E-state index contributed by atoms with van der Waals surface area (Å²) in [7, 11) is 0. The summed E-state index contributed by atoms with van der Waals surface area (Å²) < 4.78 is 49.8. The summed E-state index contributed by atoms with van der Waals surface area (Å²) in [6.45, 7) is 1.55. The van der Waals surface area contributed by atoms with E-state index in [2.05, 4.69) is 4.98 Å². The maximum Gasteiger partial charge on any atom is 0.393 e. The second-order valence-electron chi connectivity index (χ2n) is 3.71. The van der Waals surface area contributed by atoms with E-state index in [1.54, 1.807) is 6.92 Å². The van der Waals surface area contributed by atoms with E-state index >= 15 is 0 Å². The van der Waals surface area contributed by atoms with Crippen LogP contribution in [0.4, 0.5) is 17.6 Å². The van der Waals surface area contributed by atoms with Crippen LogP contribution in [0.3, 0.4) is 0 Å². The van der Waals surface area contributed by atoms with E-state index in [0.29, 0.717) is 16.6 Å². The van der Waals surface area contributed by atoms with Gasteiger partial charge in [0.15, 0.2) is 0 Å². The number of aryl methyl sites for hydroxylation is 1. The highest BCUT2D eigenvalue weighted by atomic mass is 19.4. The number of benzene rings is 1. The minimum absolute atomic E-state index is 0.183. The van der Waals surface area contributed by atoms with Gasteiger partial charge in [-0.2, -0.15) is 13.2 Å². The fraction of sp³-hybridized carbons (Fsp3) is 0.273. The number of H-pyrrole nitrogens is 1. The maximum absolute atomic E-state index is 12.9. The van der Waals surface area contributed by atoms with Crippen LogP contribution in [0.15, 0.2) is 18.2 Å². The van der Waals surface area contributed by atoms with Gasteiger partial charge in [0.25, 0.3) is 0 Å². The highest BCUT2D eigenvalue weighted by molar-refractivity contribution is 5.84. The van der Waals surface area contributed by atoms with Crippen LogP contribution in [0, 0.1) is 12.7 Å². The Bertz CT molecular complexity index is 524. The Labute approximate surface area is 89.1 Å². The van der Waals surface area contributed by atoms with Gasteiger partial charge >= 0.3 is 6.18 Å². The van der Waals surface area contributed by atoms with E-state index in [9.17, 15) is 17.6 Å². The van der Waals surface area contributed by atoms with Gasteiger partial charge in [0.2, 0.25) is 0 Å². The van der Waals surface area contributed by atoms with Crippen LogP contribution >= 0.6 is 0 Å². The lowest BCUT2D eigenvalue weighted by atomic mass is 10.1. The molecule has 1 N–H and O–H groups in total. The topological polar surface area (TPSA) is 15.8 Å². The average Bonchev–Trinajstić information content (AvgIpc) is 2.40. The molecule has 1 heterocycles. The van der Waals surface area contributed by atoms with Gasteiger partial charge in [-0.1, -0.05) is 0 Å². The van der Waals surface area contributed by atoms with Gasteiger partial charge in [-0.05, 0) is 30.7 Å². The Hall–Kier alpha value is -1.52. The molecule has 2 aromatic rings. The van der Waals surface area contributed by atoms with Crippen LogP contribution in [-0.4, -0.2) is 11.2 Å². The molecule has 0 spiro atoms. The van der Waals surface area contributed by atoms with E-state index < -0.39 is 18.4 Å². The number of alkyl halides is 3. The maximum atomic E-state index is 12.9. The molecule has 0 fully saturated rings. The Morgan fingerprint density at radius 2 is 1.94 bits per heavy atom. The van der Waals surface area contributed by atoms with E-state index in [-0.39, 0.29) is 5.56 Å². The third-order valence-electron chi connectivity index (χ3n) is 2.46. The first-order valence-corrected chi connectivity index (χ1v) is 4.70. The van der Waals surface area contributed by atoms with Crippen molar-refractivity contribution in [3.05, 3.63) is 35.3 Å². The smallest absolute Gasteiger partial charge is 0.358 e. The Morgan fingerprint density at radius 1 is 1.25 bits per heavy atom. The van der Waals surface area contributed by atoms with Crippen LogP contribution in [-0.2, 0) is 6.42 Å². The first-order valence-electron chi connectivity index (χ1n) is 4.70. The van der Waals surface area contributed by atoms with Crippen molar-refractivity contribution in [1.29, 1.82) is 0 Å². The molecule has 2 rings (SSSR count). The van der Waals surface area contributed by atoms with Crippen molar-refractivity contribution in [1.82, 2.24) is 4.98 Å². The second-order valence-corrected chi connectivity index (χ2v) is 3.71. The predicted octanol–water partition coefficient (Wildman–Crippen LogP) is 3.72. The predicted molar refractivity (Wildman–Crippen MR) is 52.8 cm³/mol. The van der Waals surface area contributed by atoms with E-state index in [1.165, 1.54) is 12.1 Å². The van der Waals surface area contributed by atoms with E-state index in [1.807, 2.05) is 0 Å². The number of rotatable bonds is 1. The molecule has 0 atom stereocenters. The molecular formula is C11H9F4N. The van der Waals surface area contributed by atoms with Gasteiger partial charge in [-0.15, -0.1) is 0 Å². The van der Waals surface area contributed by atoms with Gasteiger partial charge in [-0.25, -0.2) is 4.39 Å². The molecule has 86 valence electrons. The van der Waals surface area contributed by atoms with Crippen molar-refractivity contribution >= 4 is 10.9 Å². The molecule has 5 heteroatoms. The summed E-state index contributed by atoms with van der Waals surface area (Å²) in [6.07, 6.45) is -5.25. The van der Waals surface area contributed by atoms with Gasteiger partial charge < -0.3 is 4.98 Å². The van der Waals surface area contributed by atoms with Gasteiger partial charge in [0.05, 0.1) is 6.42 Å². The van der Waals surface area contributed by atoms with Crippen LogP contribution in [0.2, 0.25) is 0 Å². The van der Waals surface area contributed by atoms with Crippen LogP contribution in [0.5, 0.6) is 0 Å². The van der Waals surface area contributed by atoms with Crippen molar-refractivity contribution in [3.8, 4) is 0 Å². The van der Waals surface area contributed by atoms with E-state index in [0.717, 1.165) is 6.07 Å². The quantitative estimate of drug-likeness (QED) is 0.720. The highest BCUT2D eigenvalue weighted by Crippen LogP contribution is 2.29. The van der Waals surface area contributed by atoms with Crippen LogP contribution in [0.1, 0.15) is 11.3 Å². The van der Waals surface area contributed by atoms with Crippen molar-refractivity contribution in [2.24, 2.45) is 0 Å². The molecule has 0 aliphatic rings. The third-order valence-corrected chi connectivity index (χ3v) is 2.46. The van der Waals surface area contributed by atoms with Gasteiger partial charge in [0.1, 0.15) is 5.82 Å². The van der Waals surface area contributed by atoms with Gasteiger partial charge in [-0.3, -0.25) is 0 Å². The zero-order valence-electron chi connectivity index (χ0n) is 8.45. The van der Waals surface area contributed by atoms with E-state index in [4.69, 9.17) is 0 Å². The summed E-state index contributed by atoms with van der Waals surface area (Å²) >= 11 is 0. The molecule has 0 bridgehead atoms. The number of hydrogen-bond donors (Lipinski definition) is 1. The SMILES string of the molecule is Cc1[nH]c2cc(F)ccc2c1CC(F)(F)F. The number of fused-ring (bicyclic) bond motifs is 1. The Kier molecular flexibility index (Phi) is 2.40. The second kappa shape index (κ2) is 3.50. The summed E-state index contributed by atoms with van der Waals surface area (Å²) in [5.74, 6) is -0.465. The van der Waals surface area contributed by atoms with Crippen LogP contribution in [0.25, 0.3) is 10.9 Å². The first-order chi connectivity index (χ1) is 7.37. The minimum Gasteiger partial charge on any atom is -0.358 e. The third kappa shape index (κ3) is 2.03. The van der Waals surface area contributed by atoms with Crippen molar-refractivity contribution in [3.63, 3.8) is 0 Å². The van der Waals surface area contributed by atoms with Gasteiger partial charge in [0, 0.05) is 16.6 Å². The molecular weight excluding hydrogens is 222 g/mol. The van der Waals surface area contributed by atoms with Crippen molar-refractivity contribution in [2.45, 2.75) is 19.5 Å². The zero-order chi connectivity index (χ0) is 11.9. The molecule has 0 aliphatic carbocycles. The fourth-order valence-corrected chi connectivity index (χ4v) is 1.79. The lowest BCUT2D eigenvalue weighted by Crippen LogP contribution is -2.11. The molecule has 16 heavy (non-hydrogen) atoms. The first kappa shape index (κ1) is 11.0. The molecule has 0 saturated carbocycles. The molecule has 1 aromatic carbocycles. The summed E-state index contributed by atoms with van der Waals surface area (Å²) in [5.41, 5.74) is 1.01. The number of aromatic amines is 1. The highest BCUT2D eigenvalue weighted by Gasteiger charge is 2.30. The summed E-state index contributed by atoms with van der Waals surface area (Å²) in [5, 5.41) is 0.427. The molecule has 0 aliphatic heterocycles. The largest absolute Gasteiger partial charge is 0.393 e. The molecule has 0 amide bonds. The standard InChI is InChI=1S/C11H9F4N/c1-6-9(5-11(13,14)15)8-3-2-7(12)4-10(8)16-6/h2-4,16H,5H2,1H3. The minimum atomic E-state index is -4.26. The number of aromatic nitrogens is 1. The Balaban J connectivity index is 2.56. The monoisotopic (exact) mass is 231 g/mol. The van der Waals surface area contributed by atoms with Crippen LogP contribution < -0.4 is 0 Å². The summed E-state index contributed by atoms with van der Waals surface area (Å²) in [6, 6.07) is 3.73. The Morgan fingerprint density at radius 3 is 2.56 bits per heavy atom. The summed E-state index contributed by atoms with van der Waals surface area (Å²) in [4.78, 5) is 2.75. The number of halogens is 4. The molecule has 1 nitrogen and oxygen atoms in total.